The molecule has 138 valence electrons. The summed E-state index contributed by atoms with van der Waals surface area (Å²) in [6.07, 6.45) is 9.71. The number of aromatic nitrogens is 5. The molecule has 0 spiro atoms. The maximum absolute atomic E-state index is 11.3. The molecule has 2 aliphatic carbocycles. The van der Waals surface area contributed by atoms with Crippen molar-refractivity contribution in [2.24, 2.45) is 7.05 Å². The van der Waals surface area contributed by atoms with Crippen LogP contribution in [0.3, 0.4) is 0 Å². The fourth-order valence-corrected chi connectivity index (χ4v) is 4.42. The van der Waals surface area contributed by atoms with Crippen LogP contribution in [0.25, 0.3) is 0 Å². The highest BCUT2D eigenvalue weighted by Crippen LogP contribution is 2.41. The van der Waals surface area contributed by atoms with Gasteiger partial charge in [-0.25, -0.2) is 9.97 Å². The van der Waals surface area contributed by atoms with Crippen LogP contribution in [0.4, 0.5) is 5.82 Å². The van der Waals surface area contributed by atoms with E-state index in [1.165, 1.54) is 30.5 Å². The van der Waals surface area contributed by atoms with Gasteiger partial charge in [-0.2, -0.15) is 0 Å². The topological polar surface area (TPSA) is 80.0 Å². The molecule has 0 aromatic carbocycles. The number of hydrogen-bond donors (Lipinski definition) is 1. The molecule has 0 amide bonds. The van der Waals surface area contributed by atoms with Crippen molar-refractivity contribution in [2.45, 2.75) is 62.9 Å². The van der Waals surface area contributed by atoms with E-state index in [2.05, 4.69) is 15.1 Å². The fraction of sp³-hybridized carbons (Fsp3) is 0.684. The van der Waals surface area contributed by atoms with Crippen molar-refractivity contribution < 1.29 is 5.11 Å². The Labute approximate surface area is 153 Å². The standard InChI is InChI=1S/C19H26N6O/c1-24-12-20-23-16(24)10-19(26)8-3-9-25(11-19)18-14-4-2-5-15(14)21-17(22-18)13-6-7-13/h12-13,26H,2-11H2,1H3. The van der Waals surface area contributed by atoms with Gasteiger partial charge in [0.15, 0.2) is 0 Å². The van der Waals surface area contributed by atoms with E-state index in [4.69, 9.17) is 9.97 Å². The van der Waals surface area contributed by atoms with E-state index in [1.807, 2.05) is 11.6 Å². The lowest BCUT2D eigenvalue weighted by atomic mass is 9.89. The summed E-state index contributed by atoms with van der Waals surface area (Å²) in [6, 6.07) is 0. The molecule has 26 heavy (non-hydrogen) atoms. The summed E-state index contributed by atoms with van der Waals surface area (Å²) in [5.74, 6) is 3.51. The SMILES string of the molecule is Cn1cnnc1CC1(O)CCCN(c2nc(C3CC3)nc3c2CCC3)C1. The van der Waals surface area contributed by atoms with Gasteiger partial charge in [-0.3, -0.25) is 0 Å². The molecule has 1 unspecified atom stereocenters. The predicted octanol–water partition coefficient (Wildman–Crippen LogP) is 1.55. The molecule has 7 heteroatoms. The van der Waals surface area contributed by atoms with Gasteiger partial charge in [0.2, 0.25) is 0 Å². The van der Waals surface area contributed by atoms with E-state index in [9.17, 15) is 5.11 Å². The number of hydrogen-bond acceptors (Lipinski definition) is 6. The average Bonchev–Trinajstić information content (AvgIpc) is 3.25. The van der Waals surface area contributed by atoms with Crippen molar-refractivity contribution in [3.63, 3.8) is 0 Å². The summed E-state index contributed by atoms with van der Waals surface area (Å²) in [5, 5.41) is 19.4. The smallest absolute Gasteiger partial charge is 0.135 e. The van der Waals surface area contributed by atoms with Gasteiger partial charge in [0.05, 0.1) is 5.60 Å². The summed E-state index contributed by atoms with van der Waals surface area (Å²) >= 11 is 0. The van der Waals surface area contributed by atoms with Gasteiger partial charge >= 0.3 is 0 Å². The Bertz CT molecular complexity index is 829. The van der Waals surface area contributed by atoms with E-state index < -0.39 is 5.60 Å². The Hall–Kier alpha value is -2.02. The molecular weight excluding hydrogens is 328 g/mol. The Morgan fingerprint density at radius 3 is 2.88 bits per heavy atom. The number of anilines is 1. The molecular formula is C19H26N6O. The van der Waals surface area contributed by atoms with E-state index in [0.29, 0.717) is 18.9 Å². The van der Waals surface area contributed by atoms with Crippen LogP contribution >= 0.6 is 0 Å². The Morgan fingerprint density at radius 2 is 2.12 bits per heavy atom. The predicted molar refractivity (Wildman–Crippen MR) is 97.1 cm³/mol. The first-order valence-corrected chi connectivity index (χ1v) is 9.81. The van der Waals surface area contributed by atoms with Crippen molar-refractivity contribution in [2.75, 3.05) is 18.0 Å². The summed E-state index contributed by atoms with van der Waals surface area (Å²) < 4.78 is 1.89. The molecule has 3 aliphatic rings. The summed E-state index contributed by atoms with van der Waals surface area (Å²) in [7, 11) is 1.93. The van der Waals surface area contributed by atoms with Gasteiger partial charge in [-0.1, -0.05) is 0 Å². The zero-order chi connectivity index (χ0) is 17.7. The molecule has 1 N–H and O–H groups in total. The van der Waals surface area contributed by atoms with Crippen LogP contribution in [0.5, 0.6) is 0 Å². The number of aryl methyl sites for hydroxylation is 2. The summed E-state index contributed by atoms with van der Waals surface area (Å²) in [6.45, 7) is 1.56. The molecule has 2 aromatic heterocycles. The molecule has 2 aromatic rings. The van der Waals surface area contributed by atoms with Crippen LogP contribution < -0.4 is 4.90 Å². The first-order chi connectivity index (χ1) is 12.6. The highest BCUT2D eigenvalue weighted by atomic mass is 16.3. The monoisotopic (exact) mass is 354 g/mol. The molecule has 3 heterocycles. The lowest BCUT2D eigenvalue weighted by molar-refractivity contribution is 0.0235. The largest absolute Gasteiger partial charge is 0.388 e. The van der Waals surface area contributed by atoms with E-state index in [-0.39, 0.29) is 0 Å². The Kier molecular flexibility index (Phi) is 3.74. The van der Waals surface area contributed by atoms with Crippen molar-refractivity contribution in [3.8, 4) is 0 Å². The zero-order valence-electron chi connectivity index (χ0n) is 15.4. The number of rotatable bonds is 4. The van der Waals surface area contributed by atoms with Crippen LogP contribution in [-0.4, -0.2) is 48.5 Å². The van der Waals surface area contributed by atoms with Gasteiger partial charge in [0.25, 0.3) is 0 Å². The third-order valence-corrected chi connectivity index (χ3v) is 6.02. The average molecular weight is 354 g/mol. The van der Waals surface area contributed by atoms with Gasteiger partial charge < -0.3 is 14.6 Å². The van der Waals surface area contributed by atoms with E-state index in [0.717, 1.165) is 49.7 Å². The van der Waals surface area contributed by atoms with E-state index in [1.54, 1.807) is 6.33 Å². The first-order valence-electron chi connectivity index (χ1n) is 9.81. The van der Waals surface area contributed by atoms with Crippen LogP contribution in [-0.2, 0) is 26.3 Å². The van der Waals surface area contributed by atoms with Crippen LogP contribution in [0.2, 0.25) is 0 Å². The fourth-order valence-electron chi connectivity index (χ4n) is 4.42. The summed E-state index contributed by atoms with van der Waals surface area (Å²) in [5.41, 5.74) is 1.78. The highest BCUT2D eigenvalue weighted by molar-refractivity contribution is 5.52. The Balaban J connectivity index is 1.44. The Morgan fingerprint density at radius 1 is 1.23 bits per heavy atom. The number of piperidine rings is 1. The van der Waals surface area contributed by atoms with Crippen LogP contribution in [0.15, 0.2) is 6.33 Å². The molecule has 7 nitrogen and oxygen atoms in total. The van der Waals surface area contributed by atoms with Gasteiger partial charge in [-0.05, 0) is 44.9 Å². The molecule has 1 saturated carbocycles. The maximum atomic E-state index is 11.3. The maximum Gasteiger partial charge on any atom is 0.135 e. The lowest BCUT2D eigenvalue weighted by Crippen LogP contribution is -2.50. The van der Waals surface area contributed by atoms with Crippen molar-refractivity contribution in [1.29, 1.82) is 0 Å². The number of aliphatic hydroxyl groups is 1. The quantitative estimate of drug-likeness (QED) is 0.897. The molecule has 0 radical (unpaired) electrons. The van der Waals surface area contributed by atoms with Gasteiger partial charge in [0, 0.05) is 43.7 Å². The minimum atomic E-state index is -0.783. The van der Waals surface area contributed by atoms with Crippen molar-refractivity contribution in [1.82, 2.24) is 24.7 Å². The van der Waals surface area contributed by atoms with Gasteiger partial charge in [-0.15, -0.1) is 10.2 Å². The second-order valence-electron chi connectivity index (χ2n) is 8.24. The summed E-state index contributed by atoms with van der Waals surface area (Å²) in [4.78, 5) is 12.1. The second-order valence-corrected chi connectivity index (χ2v) is 8.24. The normalized spacial score (nSPS) is 25.5. The minimum Gasteiger partial charge on any atom is -0.388 e. The second kappa shape index (κ2) is 6.01. The third kappa shape index (κ3) is 2.88. The number of fused-ring (bicyclic) bond motifs is 1. The zero-order valence-corrected chi connectivity index (χ0v) is 15.4. The molecule has 5 rings (SSSR count). The van der Waals surface area contributed by atoms with Crippen molar-refractivity contribution >= 4 is 5.82 Å². The highest BCUT2D eigenvalue weighted by Gasteiger charge is 2.37. The number of β-amino-alcohol motifs (C(OH)–C–C–N with tert-alkyl or cyclic N) is 1. The van der Waals surface area contributed by atoms with Crippen LogP contribution in [0, 0.1) is 0 Å². The molecule has 0 bridgehead atoms. The van der Waals surface area contributed by atoms with Crippen LogP contribution in [0.1, 0.15) is 60.9 Å². The third-order valence-electron chi connectivity index (χ3n) is 6.02. The van der Waals surface area contributed by atoms with Gasteiger partial charge in [0.1, 0.15) is 23.8 Å². The van der Waals surface area contributed by atoms with Crippen molar-refractivity contribution in [3.05, 3.63) is 29.2 Å². The molecule has 2 fully saturated rings. The first kappa shape index (κ1) is 16.2. The van der Waals surface area contributed by atoms with E-state index >= 15 is 0 Å². The molecule has 1 aliphatic heterocycles. The number of nitrogens with zero attached hydrogens (tertiary/aromatic N) is 6. The lowest BCUT2D eigenvalue weighted by Gasteiger charge is -2.40. The molecule has 1 saturated heterocycles. The molecule has 1 atom stereocenters. The minimum absolute atomic E-state index is 0.531.